The molecule has 110 valence electrons. The molecule has 6 heteroatoms. The predicted molar refractivity (Wildman–Crippen MR) is 77.7 cm³/mol. The zero-order valence-corrected chi connectivity index (χ0v) is 12.2. The van der Waals surface area contributed by atoms with Gasteiger partial charge < -0.3 is 15.7 Å². The minimum Gasteiger partial charge on any atom is -0.389 e. The zero-order valence-electron chi connectivity index (χ0n) is 11.4. The van der Waals surface area contributed by atoms with Gasteiger partial charge in [-0.25, -0.2) is 0 Å². The first kappa shape index (κ1) is 15.0. The van der Waals surface area contributed by atoms with E-state index in [-0.39, 0.29) is 18.2 Å². The van der Waals surface area contributed by atoms with Crippen molar-refractivity contribution in [2.45, 2.75) is 37.7 Å². The molecule has 0 unspecified atom stereocenters. The number of carbonyl (C=O) groups is 2. The van der Waals surface area contributed by atoms with Gasteiger partial charge in [-0.2, -0.15) is 0 Å². The summed E-state index contributed by atoms with van der Waals surface area (Å²) >= 11 is 1.38. The maximum atomic E-state index is 11.7. The summed E-state index contributed by atoms with van der Waals surface area (Å²) in [6.45, 7) is 0.771. The SMILES string of the molecule is O=C(CC1(O)CCCC1)NCCNC(=O)c1cccs1. The van der Waals surface area contributed by atoms with Crippen LogP contribution < -0.4 is 10.6 Å². The average Bonchev–Trinajstić information content (AvgIpc) is 3.05. The Morgan fingerprint density at radius 3 is 2.60 bits per heavy atom. The molecule has 0 spiro atoms. The number of hydrogen-bond acceptors (Lipinski definition) is 4. The van der Waals surface area contributed by atoms with Crippen LogP contribution in [0.4, 0.5) is 0 Å². The van der Waals surface area contributed by atoms with Crippen LogP contribution in [0.5, 0.6) is 0 Å². The number of aliphatic hydroxyl groups is 1. The van der Waals surface area contributed by atoms with Crippen LogP contribution in [0.25, 0.3) is 0 Å². The molecule has 0 saturated heterocycles. The van der Waals surface area contributed by atoms with Gasteiger partial charge in [0.15, 0.2) is 0 Å². The molecule has 1 aliphatic carbocycles. The van der Waals surface area contributed by atoms with Crippen molar-refractivity contribution in [3.63, 3.8) is 0 Å². The molecule has 1 aromatic heterocycles. The second-order valence-electron chi connectivity index (χ2n) is 5.19. The highest BCUT2D eigenvalue weighted by Crippen LogP contribution is 2.32. The second kappa shape index (κ2) is 6.85. The summed E-state index contributed by atoms with van der Waals surface area (Å²) in [6.07, 6.45) is 3.54. The Hall–Kier alpha value is -1.40. The van der Waals surface area contributed by atoms with Crippen molar-refractivity contribution < 1.29 is 14.7 Å². The minimum absolute atomic E-state index is 0.122. The van der Waals surface area contributed by atoms with Crippen molar-refractivity contribution in [3.8, 4) is 0 Å². The smallest absolute Gasteiger partial charge is 0.261 e. The van der Waals surface area contributed by atoms with E-state index in [1.54, 1.807) is 6.07 Å². The first-order valence-electron chi connectivity index (χ1n) is 6.90. The first-order valence-corrected chi connectivity index (χ1v) is 7.78. The molecule has 2 amide bonds. The molecule has 1 saturated carbocycles. The molecule has 2 rings (SSSR count). The summed E-state index contributed by atoms with van der Waals surface area (Å²) in [7, 11) is 0. The molecule has 5 nitrogen and oxygen atoms in total. The third kappa shape index (κ3) is 4.31. The van der Waals surface area contributed by atoms with E-state index in [9.17, 15) is 14.7 Å². The maximum absolute atomic E-state index is 11.7. The summed E-state index contributed by atoms with van der Waals surface area (Å²) in [6, 6.07) is 3.58. The molecule has 0 aromatic carbocycles. The van der Waals surface area contributed by atoms with Gasteiger partial charge in [0.05, 0.1) is 16.9 Å². The maximum Gasteiger partial charge on any atom is 0.261 e. The fourth-order valence-electron chi connectivity index (χ4n) is 2.44. The highest BCUT2D eigenvalue weighted by Gasteiger charge is 2.33. The minimum atomic E-state index is -0.815. The van der Waals surface area contributed by atoms with Gasteiger partial charge in [0.25, 0.3) is 5.91 Å². The Balaban J connectivity index is 1.61. The third-order valence-electron chi connectivity index (χ3n) is 3.50. The van der Waals surface area contributed by atoms with Gasteiger partial charge in [-0.05, 0) is 24.3 Å². The quantitative estimate of drug-likeness (QED) is 0.692. The number of hydrogen-bond donors (Lipinski definition) is 3. The van der Waals surface area contributed by atoms with Gasteiger partial charge >= 0.3 is 0 Å². The van der Waals surface area contributed by atoms with Gasteiger partial charge in [0.2, 0.25) is 5.91 Å². The van der Waals surface area contributed by atoms with Crippen molar-refractivity contribution in [1.82, 2.24) is 10.6 Å². The van der Waals surface area contributed by atoms with Crippen LogP contribution >= 0.6 is 11.3 Å². The summed E-state index contributed by atoms with van der Waals surface area (Å²) in [4.78, 5) is 24.0. The van der Waals surface area contributed by atoms with Crippen molar-refractivity contribution in [1.29, 1.82) is 0 Å². The van der Waals surface area contributed by atoms with Crippen molar-refractivity contribution in [3.05, 3.63) is 22.4 Å². The van der Waals surface area contributed by atoms with E-state index >= 15 is 0 Å². The van der Waals surface area contributed by atoms with E-state index in [2.05, 4.69) is 10.6 Å². The topological polar surface area (TPSA) is 78.4 Å². The molecule has 0 atom stereocenters. The largest absolute Gasteiger partial charge is 0.389 e. The molecule has 0 radical (unpaired) electrons. The van der Waals surface area contributed by atoms with E-state index in [0.29, 0.717) is 30.8 Å². The Morgan fingerprint density at radius 2 is 1.95 bits per heavy atom. The van der Waals surface area contributed by atoms with Crippen molar-refractivity contribution in [2.24, 2.45) is 0 Å². The lowest BCUT2D eigenvalue weighted by Crippen LogP contribution is -2.38. The van der Waals surface area contributed by atoms with E-state index in [1.165, 1.54) is 11.3 Å². The van der Waals surface area contributed by atoms with Gasteiger partial charge in [0.1, 0.15) is 0 Å². The average molecular weight is 296 g/mol. The molecule has 20 heavy (non-hydrogen) atoms. The van der Waals surface area contributed by atoms with Gasteiger partial charge in [0, 0.05) is 13.1 Å². The third-order valence-corrected chi connectivity index (χ3v) is 4.37. The molecule has 0 aliphatic heterocycles. The van der Waals surface area contributed by atoms with Crippen molar-refractivity contribution in [2.75, 3.05) is 13.1 Å². The summed E-state index contributed by atoms with van der Waals surface area (Å²) in [5, 5.41) is 17.4. The Kier molecular flexibility index (Phi) is 5.14. The number of nitrogens with one attached hydrogen (secondary N) is 2. The molecule has 1 heterocycles. The molecule has 1 aliphatic rings. The Bertz CT molecular complexity index is 453. The number of carbonyl (C=O) groups excluding carboxylic acids is 2. The van der Waals surface area contributed by atoms with Crippen LogP contribution in [-0.2, 0) is 4.79 Å². The Labute approximate surface area is 122 Å². The molecule has 3 N–H and O–H groups in total. The Morgan fingerprint density at radius 1 is 1.25 bits per heavy atom. The molecule has 1 aromatic rings. The molecular weight excluding hydrogens is 276 g/mol. The lowest BCUT2D eigenvalue weighted by molar-refractivity contribution is -0.125. The van der Waals surface area contributed by atoms with Crippen molar-refractivity contribution >= 4 is 23.2 Å². The number of amides is 2. The fourth-order valence-corrected chi connectivity index (χ4v) is 3.08. The normalized spacial score (nSPS) is 16.9. The van der Waals surface area contributed by atoms with Crippen LogP contribution in [0, 0.1) is 0 Å². The zero-order chi connectivity index (χ0) is 14.4. The van der Waals surface area contributed by atoms with E-state index in [1.807, 2.05) is 11.4 Å². The highest BCUT2D eigenvalue weighted by molar-refractivity contribution is 7.12. The van der Waals surface area contributed by atoms with Gasteiger partial charge in [-0.15, -0.1) is 11.3 Å². The first-order chi connectivity index (χ1) is 9.59. The molecule has 0 bridgehead atoms. The monoisotopic (exact) mass is 296 g/mol. The van der Waals surface area contributed by atoms with Crippen LogP contribution in [0.1, 0.15) is 41.8 Å². The van der Waals surface area contributed by atoms with E-state index in [0.717, 1.165) is 12.8 Å². The fraction of sp³-hybridized carbons (Fsp3) is 0.571. The molecule has 1 fully saturated rings. The van der Waals surface area contributed by atoms with Crippen LogP contribution in [0.2, 0.25) is 0 Å². The van der Waals surface area contributed by atoms with Crippen LogP contribution in [0.15, 0.2) is 17.5 Å². The van der Waals surface area contributed by atoms with E-state index in [4.69, 9.17) is 0 Å². The predicted octanol–water partition coefficient (Wildman–Crippen LogP) is 1.29. The van der Waals surface area contributed by atoms with Gasteiger partial charge in [-0.1, -0.05) is 18.9 Å². The summed E-state index contributed by atoms with van der Waals surface area (Å²) in [5.41, 5.74) is -0.815. The van der Waals surface area contributed by atoms with Crippen LogP contribution in [-0.4, -0.2) is 35.6 Å². The van der Waals surface area contributed by atoms with Gasteiger partial charge in [-0.3, -0.25) is 9.59 Å². The lowest BCUT2D eigenvalue weighted by atomic mass is 9.98. The summed E-state index contributed by atoms with van der Waals surface area (Å²) < 4.78 is 0. The second-order valence-corrected chi connectivity index (χ2v) is 6.14. The van der Waals surface area contributed by atoms with E-state index < -0.39 is 5.60 Å². The van der Waals surface area contributed by atoms with Crippen LogP contribution in [0.3, 0.4) is 0 Å². The number of thiophene rings is 1. The molecular formula is C14H20N2O3S. The standard InChI is InChI=1S/C14H20N2O3S/c17-12(10-14(19)5-1-2-6-14)15-7-8-16-13(18)11-4-3-9-20-11/h3-4,9,19H,1-2,5-8,10H2,(H,15,17)(H,16,18). The lowest BCUT2D eigenvalue weighted by Gasteiger charge is -2.21. The number of rotatable bonds is 6. The summed E-state index contributed by atoms with van der Waals surface area (Å²) in [5.74, 6) is -0.275. The highest BCUT2D eigenvalue weighted by atomic mass is 32.1.